The molecule has 12 heavy (non-hydrogen) atoms. The van der Waals surface area contributed by atoms with Crippen LogP contribution in [-0.4, -0.2) is 0 Å². The van der Waals surface area contributed by atoms with Gasteiger partial charge in [0.2, 0.25) is 0 Å². The van der Waals surface area contributed by atoms with Gasteiger partial charge in [-0.3, -0.25) is 0 Å². The fourth-order valence-electron chi connectivity index (χ4n) is 0.503. The molecule has 1 nitrogen and oxygen atoms in total. The number of hydrogen-bond donors (Lipinski definition) is 0. The monoisotopic (exact) mass is 375 g/mol. The van der Waals surface area contributed by atoms with E-state index in [-0.39, 0.29) is 37.2 Å². The van der Waals surface area contributed by atoms with E-state index in [9.17, 15) is 0 Å². The molecule has 0 heterocycles. The van der Waals surface area contributed by atoms with E-state index in [1.165, 1.54) is 3.57 Å². The predicted molar refractivity (Wildman–Crippen MR) is 61.5 cm³/mol. The molecule has 0 saturated carbocycles. The summed E-state index contributed by atoms with van der Waals surface area (Å²) in [5.74, 6) is 0.912. The Bertz CT molecular complexity index is 194. The minimum atomic E-state index is 0. The van der Waals surface area contributed by atoms with Crippen LogP contribution < -0.4 is 3.32 Å². The van der Waals surface area contributed by atoms with Gasteiger partial charge in [-0.1, -0.05) is 0 Å². The predicted octanol–water partition coefficient (Wildman–Crippen LogP) is 3.40. The summed E-state index contributed by atoms with van der Waals surface area (Å²) in [7, 11) is 0. The van der Waals surface area contributed by atoms with E-state index in [4.69, 9.17) is 3.32 Å². The Kier molecular flexibility index (Phi) is 16.5. The first-order valence-electron chi connectivity index (χ1n) is 2.42. The van der Waals surface area contributed by atoms with Crippen LogP contribution in [-0.2, 0) is 20.8 Å². The molecule has 0 amide bonds. The zero-order chi connectivity index (χ0) is 6.69. The van der Waals surface area contributed by atoms with Crippen molar-refractivity contribution in [3.05, 3.63) is 27.8 Å². The molecule has 69 valence electrons. The van der Waals surface area contributed by atoms with Crippen molar-refractivity contribution in [1.82, 2.24) is 0 Å². The van der Waals surface area contributed by atoms with Gasteiger partial charge in [0.05, 0.1) is 0 Å². The van der Waals surface area contributed by atoms with Crippen molar-refractivity contribution < 1.29 is 24.1 Å². The van der Waals surface area contributed by atoms with Crippen molar-refractivity contribution >= 4 is 59.8 Å². The van der Waals surface area contributed by atoms with Gasteiger partial charge in [-0.15, -0.1) is 37.2 Å². The van der Waals surface area contributed by atoms with Crippen LogP contribution >= 0.6 is 59.8 Å². The minimum absolute atomic E-state index is 0. The second kappa shape index (κ2) is 10.4. The van der Waals surface area contributed by atoms with Gasteiger partial charge >= 0.3 is 80.3 Å². The van der Waals surface area contributed by atoms with Gasteiger partial charge in [0.15, 0.2) is 0 Å². The van der Waals surface area contributed by atoms with Crippen LogP contribution in [0.15, 0.2) is 24.3 Å². The Labute approximate surface area is 116 Å². The molecule has 0 radical (unpaired) electrons. The van der Waals surface area contributed by atoms with Gasteiger partial charge in [0, 0.05) is 0 Å². The third-order valence-corrected chi connectivity index (χ3v) is 2.02. The molecule has 0 atom stereocenters. The second-order valence-electron chi connectivity index (χ2n) is 1.56. The average molecular weight is 376 g/mol. The Morgan fingerprint density at radius 1 is 1.00 bits per heavy atom. The third-order valence-electron chi connectivity index (χ3n) is 0.931. The molecule has 0 N–H and O–H groups in total. The van der Waals surface area contributed by atoms with E-state index in [0.717, 1.165) is 5.75 Å². The summed E-state index contributed by atoms with van der Waals surface area (Å²) in [6.07, 6.45) is 0. The summed E-state index contributed by atoms with van der Waals surface area (Å²) in [5, 5.41) is 0. The van der Waals surface area contributed by atoms with E-state index in [2.05, 4.69) is 22.6 Å². The Balaban J connectivity index is -0.000000270. The summed E-state index contributed by atoms with van der Waals surface area (Å²) in [6.45, 7) is 0. The second-order valence-corrected chi connectivity index (χ2v) is 3.12. The zero-order valence-electron chi connectivity index (χ0n) is 5.82. The molecule has 0 aliphatic rings. The Hall–Kier alpha value is 1.33. The SMILES string of the molecule is Cl.Cl.Cl.[Ti][O]c1ccc(I)cc1. The summed E-state index contributed by atoms with van der Waals surface area (Å²) < 4.78 is 6.20. The maximum absolute atomic E-state index is 4.97. The van der Waals surface area contributed by atoms with Gasteiger partial charge < -0.3 is 0 Å². The summed E-state index contributed by atoms with van der Waals surface area (Å²) in [4.78, 5) is 0. The molecular formula is C6H7Cl3IOTi. The van der Waals surface area contributed by atoms with Gasteiger partial charge in [0.25, 0.3) is 0 Å². The zero-order valence-corrected chi connectivity index (χ0v) is 12.0. The average Bonchev–Trinajstić information content (AvgIpc) is 1.90. The van der Waals surface area contributed by atoms with Gasteiger partial charge in [-0.05, 0) is 0 Å². The first kappa shape index (κ1) is 19.0. The molecule has 0 spiro atoms. The Morgan fingerprint density at radius 2 is 1.42 bits per heavy atom. The van der Waals surface area contributed by atoms with Crippen LogP contribution in [0.4, 0.5) is 0 Å². The molecule has 0 unspecified atom stereocenters. The molecule has 1 aromatic carbocycles. The van der Waals surface area contributed by atoms with E-state index in [1.54, 1.807) is 20.8 Å². The maximum atomic E-state index is 4.97. The van der Waals surface area contributed by atoms with Crippen LogP contribution in [0.1, 0.15) is 0 Å². The molecule has 0 aliphatic carbocycles. The Morgan fingerprint density at radius 3 is 1.75 bits per heavy atom. The van der Waals surface area contributed by atoms with Crippen molar-refractivity contribution in [3.8, 4) is 5.75 Å². The van der Waals surface area contributed by atoms with E-state index >= 15 is 0 Å². The standard InChI is InChI=1S/C6H5IO.3ClH.Ti/c7-5-1-3-6(8)4-2-5;;;;/h1-4,8H;3*1H;/q;;;;+1/p-1. The number of halogens is 4. The van der Waals surface area contributed by atoms with Crippen molar-refractivity contribution in [2.75, 3.05) is 0 Å². The first-order valence-corrected chi connectivity index (χ1v) is 4.13. The fraction of sp³-hybridized carbons (Fsp3) is 0. The summed E-state index contributed by atoms with van der Waals surface area (Å²) in [6, 6.07) is 7.92. The fourth-order valence-corrected chi connectivity index (χ4v) is 1.07. The number of benzene rings is 1. The first-order chi connectivity index (χ1) is 4.33. The van der Waals surface area contributed by atoms with E-state index in [0.29, 0.717) is 0 Å². The van der Waals surface area contributed by atoms with Crippen molar-refractivity contribution in [3.63, 3.8) is 0 Å². The number of rotatable bonds is 1. The molecule has 0 saturated heterocycles. The van der Waals surface area contributed by atoms with Crippen LogP contribution in [0.5, 0.6) is 5.75 Å². The van der Waals surface area contributed by atoms with Gasteiger partial charge in [-0.25, -0.2) is 0 Å². The van der Waals surface area contributed by atoms with Gasteiger partial charge in [0.1, 0.15) is 0 Å². The molecule has 0 bridgehead atoms. The van der Waals surface area contributed by atoms with E-state index in [1.807, 2.05) is 24.3 Å². The number of hydrogen-bond acceptors (Lipinski definition) is 1. The quantitative estimate of drug-likeness (QED) is 0.539. The van der Waals surface area contributed by atoms with Crippen molar-refractivity contribution in [2.24, 2.45) is 0 Å². The van der Waals surface area contributed by atoms with Crippen LogP contribution in [0.2, 0.25) is 0 Å². The molecule has 0 aromatic heterocycles. The third kappa shape index (κ3) is 6.81. The molecular weight excluding hydrogens is 369 g/mol. The topological polar surface area (TPSA) is 9.23 Å². The van der Waals surface area contributed by atoms with Crippen LogP contribution in [0.25, 0.3) is 0 Å². The molecule has 0 aliphatic heterocycles. The molecule has 1 rings (SSSR count). The normalized spacial score (nSPS) is 6.67. The molecule has 0 fully saturated rings. The van der Waals surface area contributed by atoms with Crippen molar-refractivity contribution in [2.45, 2.75) is 0 Å². The van der Waals surface area contributed by atoms with Gasteiger partial charge in [-0.2, -0.15) is 0 Å². The molecule has 1 aromatic rings. The van der Waals surface area contributed by atoms with Crippen LogP contribution in [0.3, 0.4) is 0 Å². The van der Waals surface area contributed by atoms with Crippen LogP contribution in [0, 0.1) is 3.57 Å². The summed E-state index contributed by atoms with van der Waals surface area (Å²) >= 11 is 3.93. The molecule has 6 heteroatoms. The van der Waals surface area contributed by atoms with E-state index < -0.39 is 0 Å². The van der Waals surface area contributed by atoms with Crippen molar-refractivity contribution in [1.29, 1.82) is 0 Å². The summed E-state index contributed by atoms with van der Waals surface area (Å²) in [5.41, 5.74) is 0.